The van der Waals surface area contributed by atoms with Gasteiger partial charge in [0.15, 0.2) is 0 Å². The minimum absolute atomic E-state index is 0.271. The highest BCUT2D eigenvalue weighted by Gasteiger charge is 2.14. The van der Waals surface area contributed by atoms with Crippen LogP contribution in [0.3, 0.4) is 0 Å². The van der Waals surface area contributed by atoms with Crippen molar-refractivity contribution in [2.75, 3.05) is 0 Å². The molecular formula is C12H17NO2S. The molecule has 0 aliphatic carbocycles. The Bertz CT molecular complexity index is 419. The van der Waals surface area contributed by atoms with Gasteiger partial charge in [-0.2, -0.15) is 0 Å². The average molecular weight is 239 g/mol. The van der Waals surface area contributed by atoms with E-state index in [9.17, 15) is 10.1 Å². The molecule has 0 aromatic carbocycles. The van der Waals surface area contributed by atoms with Crippen LogP contribution in [0.5, 0.6) is 0 Å². The molecule has 4 heteroatoms. The van der Waals surface area contributed by atoms with Gasteiger partial charge in [0.2, 0.25) is 5.70 Å². The van der Waals surface area contributed by atoms with Gasteiger partial charge in [-0.15, -0.1) is 11.3 Å². The molecule has 0 radical (unpaired) electrons. The van der Waals surface area contributed by atoms with E-state index in [-0.39, 0.29) is 4.92 Å². The summed E-state index contributed by atoms with van der Waals surface area (Å²) < 4.78 is 0. The molecule has 1 rings (SSSR count). The van der Waals surface area contributed by atoms with Crippen LogP contribution >= 0.6 is 11.3 Å². The highest BCUT2D eigenvalue weighted by Crippen LogP contribution is 2.24. The van der Waals surface area contributed by atoms with Crippen molar-refractivity contribution < 1.29 is 4.92 Å². The highest BCUT2D eigenvalue weighted by atomic mass is 32.1. The largest absolute Gasteiger partial charge is 0.259 e. The Balaban J connectivity index is 3.02. The maximum absolute atomic E-state index is 10.9. The quantitative estimate of drug-likeness (QED) is 0.588. The predicted molar refractivity (Wildman–Crippen MR) is 68.2 cm³/mol. The van der Waals surface area contributed by atoms with Gasteiger partial charge in [-0.25, -0.2) is 0 Å². The van der Waals surface area contributed by atoms with Crippen LogP contribution in [-0.4, -0.2) is 4.92 Å². The molecule has 1 aromatic rings. The highest BCUT2D eigenvalue weighted by molar-refractivity contribution is 7.12. The second-order valence-corrected chi connectivity index (χ2v) is 5.82. The molecule has 0 bridgehead atoms. The Morgan fingerprint density at radius 1 is 1.56 bits per heavy atom. The van der Waals surface area contributed by atoms with Gasteiger partial charge in [-0.1, -0.05) is 13.8 Å². The molecule has 0 aliphatic heterocycles. The molecule has 16 heavy (non-hydrogen) atoms. The van der Waals surface area contributed by atoms with Crippen molar-refractivity contribution in [2.45, 2.75) is 34.1 Å². The summed E-state index contributed by atoms with van der Waals surface area (Å²) in [4.78, 5) is 13.0. The second-order valence-electron chi connectivity index (χ2n) is 4.36. The van der Waals surface area contributed by atoms with Crippen molar-refractivity contribution >= 4 is 17.4 Å². The smallest absolute Gasteiger partial charge is 0.247 e. The van der Waals surface area contributed by atoms with E-state index in [1.807, 2.05) is 33.8 Å². The number of nitrogens with zero attached hydrogens (tertiary/aromatic N) is 1. The maximum Gasteiger partial charge on any atom is 0.247 e. The Hall–Kier alpha value is -1.16. The van der Waals surface area contributed by atoms with E-state index < -0.39 is 0 Å². The molecule has 0 saturated carbocycles. The van der Waals surface area contributed by atoms with E-state index in [4.69, 9.17) is 0 Å². The first kappa shape index (κ1) is 12.9. The molecule has 0 saturated heterocycles. The lowest BCUT2D eigenvalue weighted by Crippen LogP contribution is -2.02. The SMILES string of the molecule is Cc1cc(C=C(CC(C)C)[N+](=O)[O-])c(C)s1. The first-order chi connectivity index (χ1) is 7.40. The van der Waals surface area contributed by atoms with Crippen LogP contribution in [-0.2, 0) is 0 Å². The lowest BCUT2D eigenvalue weighted by molar-refractivity contribution is -0.427. The minimum atomic E-state index is -0.271. The van der Waals surface area contributed by atoms with Crippen LogP contribution in [0, 0.1) is 29.9 Å². The third-order valence-corrected chi connectivity index (χ3v) is 3.24. The Labute approximate surface area is 100.0 Å². The van der Waals surface area contributed by atoms with Gasteiger partial charge in [0.25, 0.3) is 0 Å². The van der Waals surface area contributed by atoms with Crippen molar-refractivity contribution in [3.63, 3.8) is 0 Å². The van der Waals surface area contributed by atoms with Gasteiger partial charge in [0.05, 0.1) is 4.92 Å². The van der Waals surface area contributed by atoms with Crippen molar-refractivity contribution in [1.82, 2.24) is 0 Å². The number of aryl methyl sites for hydroxylation is 2. The standard InChI is InChI=1S/C12H17NO2S/c1-8(2)5-12(13(14)15)7-11-6-9(3)16-10(11)4/h6-8H,5H2,1-4H3. The lowest BCUT2D eigenvalue weighted by atomic mass is 10.1. The third kappa shape index (κ3) is 3.45. The minimum Gasteiger partial charge on any atom is -0.259 e. The summed E-state index contributed by atoms with van der Waals surface area (Å²) in [5.74, 6) is 0.302. The first-order valence-electron chi connectivity index (χ1n) is 5.32. The van der Waals surface area contributed by atoms with E-state index in [0.29, 0.717) is 18.0 Å². The number of hydrogen-bond donors (Lipinski definition) is 0. The molecule has 0 N–H and O–H groups in total. The van der Waals surface area contributed by atoms with Gasteiger partial charge >= 0.3 is 0 Å². The van der Waals surface area contributed by atoms with E-state index in [2.05, 4.69) is 0 Å². The Morgan fingerprint density at radius 3 is 2.56 bits per heavy atom. The van der Waals surface area contributed by atoms with Crippen molar-refractivity contribution in [2.24, 2.45) is 5.92 Å². The zero-order valence-electron chi connectivity index (χ0n) is 10.1. The summed E-state index contributed by atoms with van der Waals surface area (Å²) in [6.07, 6.45) is 2.22. The molecule has 0 aliphatic rings. The molecule has 1 heterocycles. The number of thiophene rings is 1. The summed E-state index contributed by atoms with van der Waals surface area (Å²) >= 11 is 1.67. The number of hydrogen-bond acceptors (Lipinski definition) is 3. The summed E-state index contributed by atoms with van der Waals surface area (Å²) in [7, 11) is 0. The molecule has 0 fully saturated rings. The van der Waals surface area contributed by atoms with Gasteiger partial charge in [-0.3, -0.25) is 10.1 Å². The molecule has 1 aromatic heterocycles. The van der Waals surface area contributed by atoms with Crippen LogP contribution in [0.1, 0.15) is 35.6 Å². The van der Waals surface area contributed by atoms with Crippen LogP contribution < -0.4 is 0 Å². The zero-order valence-corrected chi connectivity index (χ0v) is 10.9. The van der Waals surface area contributed by atoms with Crippen LogP contribution in [0.2, 0.25) is 0 Å². The summed E-state index contributed by atoms with van der Waals surface area (Å²) in [5, 5.41) is 10.9. The monoisotopic (exact) mass is 239 g/mol. The topological polar surface area (TPSA) is 43.1 Å². The molecule has 0 amide bonds. The molecule has 88 valence electrons. The van der Waals surface area contributed by atoms with Gasteiger partial charge in [-0.05, 0) is 31.4 Å². The van der Waals surface area contributed by atoms with Crippen LogP contribution in [0.15, 0.2) is 11.8 Å². The first-order valence-corrected chi connectivity index (χ1v) is 6.13. The molecule has 3 nitrogen and oxygen atoms in total. The number of nitro groups is 1. The lowest BCUT2D eigenvalue weighted by Gasteiger charge is -2.01. The zero-order chi connectivity index (χ0) is 12.3. The summed E-state index contributed by atoms with van der Waals surface area (Å²) in [5.41, 5.74) is 1.28. The molecule has 0 atom stereocenters. The second kappa shape index (κ2) is 5.25. The number of allylic oxidation sites excluding steroid dienone is 1. The third-order valence-electron chi connectivity index (χ3n) is 2.25. The Morgan fingerprint density at radius 2 is 2.19 bits per heavy atom. The van der Waals surface area contributed by atoms with Crippen molar-refractivity contribution in [3.8, 4) is 0 Å². The Kier molecular flexibility index (Phi) is 4.24. The van der Waals surface area contributed by atoms with Gasteiger partial charge in [0.1, 0.15) is 0 Å². The molecular weight excluding hydrogens is 222 g/mol. The van der Waals surface area contributed by atoms with Crippen LogP contribution in [0.4, 0.5) is 0 Å². The molecule has 0 spiro atoms. The van der Waals surface area contributed by atoms with E-state index in [0.717, 1.165) is 10.4 Å². The fourth-order valence-corrected chi connectivity index (χ4v) is 2.48. The van der Waals surface area contributed by atoms with Gasteiger partial charge in [0, 0.05) is 22.3 Å². The van der Waals surface area contributed by atoms with E-state index >= 15 is 0 Å². The fraction of sp³-hybridized carbons (Fsp3) is 0.500. The fourth-order valence-electron chi connectivity index (χ4n) is 1.58. The van der Waals surface area contributed by atoms with Crippen molar-refractivity contribution in [1.29, 1.82) is 0 Å². The normalized spacial score (nSPS) is 12.2. The number of rotatable bonds is 4. The summed E-state index contributed by atoms with van der Waals surface area (Å²) in [6.45, 7) is 7.99. The van der Waals surface area contributed by atoms with Crippen molar-refractivity contribution in [3.05, 3.63) is 37.2 Å². The predicted octanol–water partition coefficient (Wildman–Crippen LogP) is 4.03. The van der Waals surface area contributed by atoms with E-state index in [1.165, 1.54) is 4.88 Å². The molecule has 0 unspecified atom stereocenters. The average Bonchev–Trinajstić information content (AvgIpc) is 2.43. The maximum atomic E-state index is 10.9. The summed E-state index contributed by atoms with van der Waals surface area (Å²) in [6, 6.07) is 2.00. The van der Waals surface area contributed by atoms with E-state index in [1.54, 1.807) is 17.4 Å². The van der Waals surface area contributed by atoms with Crippen LogP contribution in [0.25, 0.3) is 6.08 Å². The van der Waals surface area contributed by atoms with Gasteiger partial charge < -0.3 is 0 Å².